The molecular formula is C23H29F3N4O3. The molecule has 33 heavy (non-hydrogen) atoms. The van der Waals surface area contributed by atoms with Crippen LogP contribution in [0.15, 0.2) is 12.3 Å². The Morgan fingerprint density at radius 3 is 2.42 bits per heavy atom. The third kappa shape index (κ3) is 4.05. The largest absolute Gasteiger partial charge is 0.437 e. The van der Waals surface area contributed by atoms with Gasteiger partial charge in [-0.15, -0.1) is 0 Å². The summed E-state index contributed by atoms with van der Waals surface area (Å²) in [5.74, 6) is 1.35. The predicted octanol–water partition coefficient (Wildman–Crippen LogP) is 3.93. The monoisotopic (exact) mass is 466 g/mol. The first-order chi connectivity index (χ1) is 15.6. The van der Waals surface area contributed by atoms with Crippen LogP contribution >= 0.6 is 0 Å². The molecule has 2 amide bonds. The van der Waals surface area contributed by atoms with Gasteiger partial charge in [-0.1, -0.05) is 0 Å². The van der Waals surface area contributed by atoms with Crippen LogP contribution in [-0.2, 0) is 14.9 Å². The summed E-state index contributed by atoms with van der Waals surface area (Å²) in [6.45, 7) is 2.05. The SMILES string of the molecule is CC(OC(=O)N1CCC2(CCCN2C(=O)C2(c3ccnc(C4CC4)n3)CC2)CC1)C(F)(F)F. The molecule has 2 saturated carbocycles. The molecule has 1 aromatic heterocycles. The van der Waals surface area contributed by atoms with Crippen molar-refractivity contribution in [1.82, 2.24) is 19.8 Å². The molecule has 0 N–H and O–H groups in total. The van der Waals surface area contributed by atoms with E-state index < -0.39 is 23.8 Å². The average Bonchev–Trinajstić information content (AvgIpc) is 3.71. The van der Waals surface area contributed by atoms with E-state index >= 15 is 0 Å². The van der Waals surface area contributed by atoms with Crippen molar-refractivity contribution in [2.45, 2.75) is 87.4 Å². The van der Waals surface area contributed by atoms with Crippen molar-refractivity contribution in [3.8, 4) is 0 Å². The minimum Gasteiger partial charge on any atom is -0.437 e. The third-order valence-corrected chi connectivity index (χ3v) is 7.80. The molecule has 1 atom stereocenters. The summed E-state index contributed by atoms with van der Waals surface area (Å²) in [6.07, 6.45) is 0.633. The molecule has 1 unspecified atom stereocenters. The highest BCUT2D eigenvalue weighted by Crippen LogP contribution is 2.52. The van der Waals surface area contributed by atoms with Crippen molar-refractivity contribution >= 4 is 12.0 Å². The average molecular weight is 467 g/mol. The fourth-order valence-electron chi connectivity index (χ4n) is 5.31. The maximum Gasteiger partial charge on any atom is 0.425 e. The number of likely N-dealkylation sites (tertiary alicyclic amines) is 2. The Balaban J connectivity index is 1.27. The van der Waals surface area contributed by atoms with Gasteiger partial charge in [0.2, 0.25) is 5.91 Å². The molecule has 4 aliphatic rings. The summed E-state index contributed by atoms with van der Waals surface area (Å²) in [4.78, 5) is 38.5. The molecule has 0 bridgehead atoms. The lowest BCUT2D eigenvalue weighted by Gasteiger charge is -2.45. The molecular weight excluding hydrogens is 437 g/mol. The highest BCUT2D eigenvalue weighted by atomic mass is 19.4. The van der Waals surface area contributed by atoms with Gasteiger partial charge in [0.05, 0.1) is 11.1 Å². The molecule has 2 aliphatic carbocycles. The van der Waals surface area contributed by atoms with Crippen molar-refractivity contribution in [3.63, 3.8) is 0 Å². The van der Waals surface area contributed by atoms with E-state index in [2.05, 4.69) is 9.72 Å². The molecule has 1 spiro atoms. The lowest BCUT2D eigenvalue weighted by Crippen LogP contribution is -2.57. The van der Waals surface area contributed by atoms with E-state index in [1.54, 1.807) is 6.20 Å². The number of hydrogen-bond acceptors (Lipinski definition) is 5. The number of nitrogens with zero attached hydrogens (tertiary/aromatic N) is 4. The summed E-state index contributed by atoms with van der Waals surface area (Å²) < 4.78 is 42.8. The molecule has 3 heterocycles. The number of hydrogen-bond donors (Lipinski definition) is 0. The van der Waals surface area contributed by atoms with Crippen molar-refractivity contribution in [3.05, 3.63) is 23.8 Å². The third-order valence-electron chi connectivity index (χ3n) is 7.80. The van der Waals surface area contributed by atoms with Gasteiger partial charge in [-0.2, -0.15) is 13.2 Å². The first-order valence-corrected chi connectivity index (χ1v) is 11.8. The zero-order chi connectivity index (χ0) is 23.4. The van der Waals surface area contributed by atoms with Crippen molar-refractivity contribution in [2.24, 2.45) is 0 Å². The molecule has 2 saturated heterocycles. The second-order valence-electron chi connectivity index (χ2n) is 10.00. The van der Waals surface area contributed by atoms with E-state index in [1.807, 2.05) is 11.0 Å². The van der Waals surface area contributed by atoms with Crippen LogP contribution in [0.5, 0.6) is 0 Å². The number of aromatic nitrogens is 2. The highest BCUT2D eigenvalue weighted by Gasteiger charge is 2.59. The van der Waals surface area contributed by atoms with E-state index in [4.69, 9.17) is 4.98 Å². The van der Waals surface area contributed by atoms with E-state index in [-0.39, 0.29) is 24.5 Å². The lowest BCUT2D eigenvalue weighted by molar-refractivity contribution is -0.200. The minimum absolute atomic E-state index is 0.0992. The predicted molar refractivity (Wildman–Crippen MR) is 111 cm³/mol. The normalized spacial score (nSPS) is 24.6. The van der Waals surface area contributed by atoms with E-state index in [0.717, 1.165) is 57.0 Å². The van der Waals surface area contributed by atoms with E-state index in [0.29, 0.717) is 25.3 Å². The van der Waals surface area contributed by atoms with Gasteiger partial charge in [-0.3, -0.25) is 4.79 Å². The maximum absolute atomic E-state index is 13.8. The molecule has 180 valence electrons. The first-order valence-electron chi connectivity index (χ1n) is 11.8. The van der Waals surface area contributed by atoms with E-state index in [9.17, 15) is 22.8 Å². The molecule has 2 aliphatic heterocycles. The zero-order valence-corrected chi connectivity index (χ0v) is 18.7. The van der Waals surface area contributed by atoms with Gasteiger partial charge in [-0.25, -0.2) is 14.8 Å². The number of carbonyl (C=O) groups is 2. The number of amides is 2. The molecule has 1 aromatic rings. The molecule has 4 fully saturated rings. The Labute approximate surface area is 190 Å². The molecule has 0 aromatic carbocycles. The second-order valence-corrected chi connectivity index (χ2v) is 10.00. The fraction of sp³-hybridized carbons (Fsp3) is 0.739. The first kappa shape index (κ1) is 22.4. The Morgan fingerprint density at radius 1 is 1.12 bits per heavy atom. The van der Waals surface area contributed by atoms with E-state index in [1.165, 1.54) is 4.90 Å². The lowest BCUT2D eigenvalue weighted by atomic mass is 9.84. The van der Waals surface area contributed by atoms with Crippen molar-refractivity contribution in [2.75, 3.05) is 19.6 Å². The smallest absolute Gasteiger partial charge is 0.425 e. The molecule has 0 radical (unpaired) electrons. The Kier molecular flexibility index (Phi) is 5.32. The molecule has 5 rings (SSSR count). The Hall–Kier alpha value is -2.39. The summed E-state index contributed by atoms with van der Waals surface area (Å²) in [5, 5.41) is 0. The van der Waals surface area contributed by atoms with Crippen molar-refractivity contribution < 1.29 is 27.5 Å². The van der Waals surface area contributed by atoms with Crippen molar-refractivity contribution in [1.29, 1.82) is 0 Å². The minimum atomic E-state index is -4.58. The van der Waals surface area contributed by atoms with Crippen LogP contribution in [0.2, 0.25) is 0 Å². The van der Waals surface area contributed by atoms with Crippen LogP contribution in [0.3, 0.4) is 0 Å². The number of piperidine rings is 1. The second kappa shape index (κ2) is 7.84. The number of carbonyl (C=O) groups excluding carboxylic acids is 2. The summed E-state index contributed by atoms with van der Waals surface area (Å²) in [6, 6.07) is 1.86. The number of rotatable bonds is 4. The van der Waals surface area contributed by atoms with Gasteiger partial charge in [0, 0.05) is 37.3 Å². The van der Waals surface area contributed by atoms with Gasteiger partial charge in [0.1, 0.15) is 5.82 Å². The summed E-state index contributed by atoms with van der Waals surface area (Å²) in [5.41, 5.74) is -0.123. The maximum atomic E-state index is 13.8. The Bertz CT molecular complexity index is 937. The number of ether oxygens (including phenoxy) is 1. The topological polar surface area (TPSA) is 75.6 Å². The van der Waals surface area contributed by atoms with Crippen LogP contribution in [0.25, 0.3) is 0 Å². The quantitative estimate of drug-likeness (QED) is 0.672. The van der Waals surface area contributed by atoms with Crippen LogP contribution in [0.4, 0.5) is 18.0 Å². The number of alkyl halides is 3. The van der Waals surface area contributed by atoms with Gasteiger partial charge < -0.3 is 14.5 Å². The molecule has 7 nitrogen and oxygen atoms in total. The standard InChI is InChI=1S/C23H29F3N4O3/c1-15(23(24,25)26)33-20(32)29-13-9-21(10-14-29)6-2-12-30(21)19(31)22(7-8-22)17-5-11-27-18(28-17)16-3-4-16/h5,11,15-16H,2-4,6-10,12-14H2,1H3. The van der Waals surface area contributed by atoms with Gasteiger partial charge >= 0.3 is 12.3 Å². The summed E-state index contributed by atoms with van der Waals surface area (Å²) in [7, 11) is 0. The summed E-state index contributed by atoms with van der Waals surface area (Å²) >= 11 is 0. The van der Waals surface area contributed by atoms with Gasteiger partial charge in [-0.05, 0) is 64.4 Å². The van der Waals surface area contributed by atoms with Gasteiger partial charge in [0.15, 0.2) is 6.10 Å². The van der Waals surface area contributed by atoms with Crippen LogP contribution in [0, 0.1) is 0 Å². The Morgan fingerprint density at radius 2 is 1.82 bits per heavy atom. The number of halogens is 3. The molecule has 10 heteroatoms. The fourth-order valence-corrected chi connectivity index (χ4v) is 5.31. The van der Waals surface area contributed by atoms with Crippen LogP contribution in [0.1, 0.15) is 75.7 Å². The highest BCUT2D eigenvalue weighted by molar-refractivity contribution is 5.91. The van der Waals surface area contributed by atoms with Crippen LogP contribution < -0.4 is 0 Å². The zero-order valence-electron chi connectivity index (χ0n) is 18.7. The van der Waals surface area contributed by atoms with Crippen LogP contribution in [-0.4, -0.2) is 69.2 Å². The van der Waals surface area contributed by atoms with Gasteiger partial charge in [0.25, 0.3) is 0 Å².